The Balaban J connectivity index is 2.38. The van der Waals surface area contributed by atoms with Crippen molar-refractivity contribution in [1.29, 1.82) is 0 Å². The highest BCUT2D eigenvalue weighted by molar-refractivity contribution is 6.30. The lowest BCUT2D eigenvalue weighted by Crippen LogP contribution is -1.92. The first-order valence-corrected chi connectivity index (χ1v) is 4.38. The van der Waals surface area contributed by atoms with Crippen molar-refractivity contribution in [3.8, 4) is 0 Å². The molecule has 0 N–H and O–H groups in total. The summed E-state index contributed by atoms with van der Waals surface area (Å²) in [6.45, 7) is 0. The summed E-state index contributed by atoms with van der Waals surface area (Å²) >= 11 is 5.74. The number of rotatable bonds is 1. The molecular weight excluding hydrogens is 200 g/mol. The average Bonchev–Trinajstić information content (AvgIpc) is 2.67. The molecule has 2 aliphatic rings. The molecule has 1 aliphatic carbocycles. The van der Waals surface area contributed by atoms with Crippen LogP contribution in [-0.2, 0) is 4.79 Å². The monoisotopic (exact) mass is 205 g/mol. The second-order valence-electron chi connectivity index (χ2n) is 2.77. The number of nitrogens with zero attached hydrogens (tertiary/aromatic N) is 2. The summed E-state index contributed by atoms with van der Waals surface area (Å²) in [6.07, 6.45) is 9.29. The van der Waals surface area contributed by atoms with Gasteiger partial charge in [-0.25, -0.2) is 0 Å². The summed E-state index contributed by atoms with van der Waals surface area (Å²) in [5, 5.41) is 8.19. The van der Waals surface area contributed by atoms with Crippen LogP contribution in [0.25, 0.3) is 0 Å². The van der Waals surface area contributed by atoms with E-state index in [1.54, 1.807) is 24.3 Å². The van der Waals surface area contributed by atoms with Crippen molar-refractivity contribution >= 4 is 17.9 Å². The highest BCUT2D eigenvalue weighted by Crippen LogP contribution is 2.27. The minimum Gasteiger partial charge on any atom is -0.298 e. The molecule has 0 unspecified atom stereocenters. The Hall–Kier alpha value is -1.48. The van der Waals surface area contributed by atoms with E-state index < -0.39 is 0 Å². The van der Waals surface area contributed by atoms with E-state index in [0.717, 1.165) is 11.9 Å². The van der Waals surface area contributed by atoms with Crippen LogP contribution in [0.15, 0.2) is 57.6 Å². The Kier molecular flexibility index (Phi) is 2.41. The maximum absolute atomic E-state index is 10.6. The van der Waals surface area contributed by atoms with Crippen LogP contribution >= 0.6 is 11.6 Å². The Morgan fingerprint density at radius 1 is 1.21 bits per heavy atom. The largest absolute Gasteiger partial charge is 0.298 e. The fraction of sp³-hybridized carbons (Fsp3) is 0. The van der Waals surface area contributed by atoms with E-state index in [1.165, 1.54) is 6.20 Å². The van der Waals surface area contributed by atoms with Crippen LogP contribution in [0.4, 0.5) is 0 Å². The average molecular weight is 206 g/mol. The summed E-state index contributed by atoms with van der Waals surface area (Å²) in [7, 11) is 0. The van der Waals surface area contributed by atoms with E-state index in [9.17, 15) is 4.79 Å². The van der Waals surface area contributed by atoms with Gasteiger partial charge in [0.05, 0.1) is 11.8 Å². The number of aldehydes is 1. The minimum atomic E-state index is 0.493. The maximum Gasteiger partial charge on any atom is 0.153 e. The number of hydrogen-bond donors (Lipinski definition) is 0. The van der Waals surface area contributed by atoms with Crippen molar-refractivity contribution in [1.82, 2.24) is 0 Å². The molecule has 0 saturated heterocycles. The molecule has 0 amide bonds. The van der Waals surface area contributed by atoms with Crippen molar-refractivity contribution in [2.45, 2.75) is 0 Å². The summed E-state index contributed by atoms with van der Waals surface area (Å²) in [6, 6.07) is 0. The zero-order chi connectivity index (χ0) is 9.97. The summed E-state index contributed by atoms with van der Waals surface area (Å²) < 4.78 is 0. The Morgan fingerprint density at radius 3 is 2.57 bits per heavy atom. The van der Waals surface area contributed by atoms with Gasteiger partial charge >= 0.3 is 0 Å². The normalized spacial score (nSPS) is 20.5. The highest BCUT2D eigenvalue weighted by atomic mass is 35.5. The van der Waals surface area contributed by atoms with E-state index in [2.05, 4.69) is 10.2 Å². The molecule has 69 valence electrons. The van der Waals surface area contributed by atoms with Gasteiger partial charge in [0.2, 0.25) is 0 Å². The van der Waals surface area contributed by atoms with E-state index in [1.807, 2.05) is 0 Å². The summed E-state index contributed by atoms with van der Waals surface area (Å²) in [4.78, 5) is 10.6. The van der Waals surface area contributed by atoms with Crippen LogP contribution in [0.5, 0.6) is 0 Å². The molecule has 1 heterocycles. The van der Waals surface area contributed by atoms with E-state index in [4.69, 9.17) is 11.6 Å². The van der Waals surface area contributed by atoms with Crippen LogP contribution in [0.2, 0.25) is 0 Å². The summed E-state index contributed by atoms with van der Waals surface area (Å²) in [5.74, 6) is 0. The lowest BCUT2D eigenvalue weighted by Gasteiger charge is -2.05. The van der Waals surface area contributed by atoms with Crippen LogP contribution in [0.1, 0.15) is 0 Å². The second kappa shape index (κ2) is 3.72. The van der Waals surface area contributed by atoms with Crippen molar-refractivity contribution in [3.63, 3.8) is 0 Å². The molecule has 0 aromatic carbocycles. The standard InChI is InChI=1S/C10H6ClN2O/c11-9-3-1-7(2-4-9)10-8(6-14)5-12-13-10/h1-6H. The van der Waals surface area contributed by atoms with Crippen molar-refractivity contribution in [3.05, 3.63) is 52.7 Å². The van der Waals surface area contributed by atoms with Gasteiger partial charge in [-0.2, -0.15) is 5.11 Å². The quantitative estimate of drug-likeness (QED) is 0.607. The predicted octanol–water partition coefficient (Wildman–Crippen LogP) is 2.69. The zero-order valence-electron chi connectivity index (χ0n) is 7.14. The minimum absolute atomic E-state index is 0.493. The number of carbonyl (C=O) groups is 1. The van der Waals surface area contributed by atoms with Crippen LogP contribution in [0, 0.1) is 5.38 Å². The van der Waals surface area contributed by atoms with Crippen LogP contribution in [0.3, 0.4) is 0 Å². The zero-order valence-corrected chi connectivity index (χ0v) is 7.90. The first-order chi connectivity index (χ1) is 6.81. The van der Waals surface area contributed by atoms with Crippen LogP contribution in [-0.4, -0.2) is 6.29 Å². The molecule has 0 bridgehead atoms. The van der Waals surface area contributed by atoms with Crippen molar-refractivity contribution in [2.24, 2.45) is 10.2 Å². The lowest BCUT2D eigenvalue weighted by molar-refractivity contribution is -0.104. The third kappa shape index (κ3) is 1.59. The van der Waals surface area contributed by atoms with Gasteiger partial charge in [0.15, 0.2) is 6.29 Å². The SMILES string of the molecule is O=CC1=CN=NC1=C1C=C[C](Cl)C=C1. The smallest absolute Gasteiger partial charge is 0.153 e. The molecule has 0 saturated carbocycles. The molecule has 2 rings (SSSR count). The Labute approximate surface area is 86.2 Å². The van der Waals surface area contributed by atoms with Gasteiger partial charge in [-0.05, 0) is 0 Å². The molecule has 1 aliphatic heterocycles. The fourth-order valence-corrected chi connectivity index (χ4v) is 1.31. The van der Waals surface area contributed by atoms with E-state index >= 15 is 0 Å². The first kappa shape index (κ1) is 9.09. The number of halogens is 1. The number of hydrogen-bond acceptors (Lipinski definition) is 3. The maximum atomic E-state index is 10.6. The van der Waals surface area contributed by atoms with Crippen molar-refractivity contribution in [2.75, 3.05) is 0 Å². The van der Waals surface area contributed by atoms with Crippen molar-refractivity contribution < 1.29 is 4.79 Å². The fourth-order valence-electron chi connectivity index (χ4n) is 1.19. The van der Waals surface area contributed by atoms with Gasteiger partial charge in [0, 0.05) is 5.57 Å². The number of carbonyl (C=O) groups excluding carboxylic acids is 1. The third-order valence-corrected chi connectivity index (χ3v) is 2.12. The molecule has 0 spiro atoms. The van der Waals surface area contributed by atoms with E-state index in [0.29, 0.717) is 16.6 Å². The molecule has 0 aromatic heterocycles. The molecule has 0 aromatic rings. The number of allylic oxidation sites excluding steroid dienone is 6. The third-order valence-electron chi connectivity index (χ3n) is 1.87. The molecule has 14 heavy (non-hydrogen) atoms. The van der Waals surface area contributed by atoms with Gasteiger partial charge in [-0.1, -0.05) is 24.3 Å². The molecule has 0 atom stereocenters. The van der Waals surface area contributed by atoms with Gasteiger partial charge < -0.3 is 0 Å². The van der Waals surface area contributed by atoms with Gasteiger partial charge in [0.25, 0.3) is 0 Å². The van der Waals surface area contributed by atoms with Crippen LogP contribution < -0.4 is 0 Å². The Bertz CT molecular complexity index is 400. The topological polar surface area (TPSA) is 41.8 Å². The molecule has 0 fully saturated rings. The molecular formula is C10H6ClN2O. The lowest BCUT2D eigenvalue weighted by atomic mass is 10.0. The Morgan fingerprint density at radius 2 is 1.93 bits per heavy atom. The van der Waals surface area contributed by atoms with Gasteiger partial charge in [-0.15, -0.1) is 16.7 Å². The van der Waals surface area contributed by atoms with E-state index in [-0.39, 0.29) is 0 Å². The first-order valence-electron chi connectivity index (χ1n) is 4.01. The molecule has 4 heteroatoms. The highest BCUT2D eigenvalue weighted by Gasteiger charge is 2.13. The van der Waals surface area contributed by atoms with Gasteiger partial charge in [-0.3, -0.25) is 4.79 Å². The predicted molar refractivity (Wildman–Crippen MR) is 53.4 cm³/mol. The molecule has 1 radical (unpaired) electrons. The second-order valence-corrected chi connectivity index (χ2v) is 3.21. The number of azo groups is 1. The molecule has 3 nitrogen and oxygen atoms in total. The van der Waals surface area contributed by atoms with Gasteiger partial charge in [0.1, 0.15) is 11.1 Å². The summed E-state index contributed by atoms with van der Waals surface area (Å²) in [5.41, 5.74) is 1.93.